The van der Waals surface area contributed by atoms with Gasteiger partial charge in [-0.3, -0.25) is 4.79 Å². The highest BCUT2D eigenvalue weighted by Crippen LogP contribution is 2.47. The summed E-state index contributed by atoms with van der Waals surface area (Å²) in [4.78, 5) is 11.9. The summed E-state index contributed by atoms with van der Waals surface area (Å²) in [6.07, 6.45) is 4.83. The molecule has 0 aliphatic carbocycles. The number of methoxy groups -OCH3 is 3. The molecule has 4 aromatic rings. The Morgan fingerprint density at radius 1 is 0.735 bits per heavy atom. The normalized spacial score (nSPS) is 13.6. The van der Waals surface area contributed by atoms with E-state index in [1.165, 1.54) is 0 Å². The maximum absolute atomic E-state index is 11.9. The molecule has 170 valence electrons. The van der Waals surface area contributed by atoms with E-state index in [4.69, 9.17) is 18.9 Å². The van der Waals surface area contributed by atoms with Gasteiger partial charge in [-0.05, 0) is 60.0 Å². The van der Waals surface area contributed by atoms with Crippen molar-refractivity contribution in [2.24, 2.45) is 0 Å². The lowest BCUT2D eigenvalue weighted by molar-refractivity contribution is 0.112. The van der Waals surface area contributed by atoms with Gasteiger partial charge in [0.15, 0.2) is 11.9 Å². The molecule has 5 rings (SSSR count). The standard InChI is InChI=1S/C29H24O5/c1-31-23-10-5-21(6-11-23)29(22-7-12-24(32-2)13-8-22)15-14-26-20(18-30)16-19-4-9-25(33-3)17-27(19)28(26)34-29/h4-18H,1-3H3. The molecule has 1 aliphatic rings. The monoisotopic (exact) mass is 452 g/mol. The van der Waals surface area contributed by atoms with Crippen LogP contribution in [0.15, 0.2) is 78.9 Å². The fraction of sp³-hybridized carbons (Fsp3) is 0.138. The first-order chi connectivity index (χ1) is 16.6. The fourth-order valence-electron chi connectivity index (χ4n) is 4.44. The highest BCUT2D eigenvalue weighted by Gasteiger charge is 2.38. The van der Waals surface area contributed by atoms with Crippen LogP contribution in [0.3, 0.4) is 0 Å². The smallest absolute Gasteiger partial charge is 0.178 e. The number of hydrogen-bond donors (Lipinski definition) is 0. The lowest BCUT2D eigenvalue weighted by atomic mass is 9.82. The van der Waals surface area contributed by atoms with Gasteiger partial charge in [0.1, 0.15) is 23.0 Å². The average Bonchev–Trinajstić information content (AvgIpc) is 2.92. The summed E-state index contributed by atoms with van der Waals surface area (Å²) in [7, 11) is 4.91. The SMILES string of the molecule is COc1ccc(C2(c3ccc(OC)cc3)C=Cc3c(C=O)cc4ccc(OC)cc4c3O2)cc1. The van der Waals surface area contributed by atoms with Crippen molar-refractivity contribution in [3.05, 3.63) is 101 Å². The molecule has 0 amide bonds. The van der Waals surface area contributed by atoms with Crippen LogP contribution >= 0.6 is 0 Å². The Balaban J connectivity index is 1.77. The van der Waals surface area contributed by atoms with Crippen LogP contribution < -0.4 is 18.9 Å². The minimum absolute atomic E-state index is 0.571. The third-order valence-corrected chi connectivity index (χ3v) is 6.28. The van der Waals surface area contributed by atoms with Gasteiger partial charge in [0, 0.05) is 27.6 Å². The Bertz CT molecular complexity index is 1340. The molecule has 0 N–H and O–H groups in total. The minimum Gasteiger partial charge on any atom is -0.497 e. The Hall–Kier alpha value is -4.25. The van der Waals surface area contributed by atoms with Gasteiger partial charge >= 0.3 is 0 Å². The van der Waals surface area contributed by atoms with E-state index < -0.39 is 5.60 Å². The van der Waals surface area contributed by atoms with E-state index in [1.54, 1.807) is 21.3 Å². The second-order valence-corrected chi connectivity index (χ2v) is 8.04. The third kappa shape index (κ3) is 3.46. The van der Waals surface area contributed by atoms with Crippen LogP contribution in [0, 0.1) is 0 Å². The lowest BCUT2D eigenvalue weighted by Gasteiger charge is -2.37. The maximum atomic E-state index is 11.9. The zero-order valence-corrected chi connectivity index (χ0v) is 19.2. The van der Waals surface area contributed by atoms with E-state index in [0.717, 1.165) is 45.2 Å². The number of ether oxygens (including phenoxy) is 4. The molecule has 0 saturated carbocycles. The number of carbonyl (C=O) groups excluding carboxylic acids is 1. The zero-order chi connectivity index (χ0) is 23.7. The van der Waals surface area contributed by atoms with Crippen molar-refractivity contribution in [1.29, 1.82) is 0 Å². The molecule has 1 heterocycles. The largest absolute Gasteiger partial charge is 0.497 e. The van der Waals surface area contributed by atoms with Crippen molar-refractivity contribution in [3.8, 4) is 23.0 Å². The summed E-state index contributed by atoms with van der Waals surface area (Å²) in [5.41, 5.74) is 2.24. The molecule has 0 bridgehead atoms. The van der Waals surface area contributed by atoms with E-state index >= 15 is 0 Å². The van der Waals surface area contributed by atoms with Crippen molar-refractivity contribution < 1.29 is 23.7 Å². The number of carbonyl (C=O) groups is 1. The number of fused-ring (bicyclic) bond motifs is 3. The highest BCUT2D eigenvalue weighted by atomic mass is 16.5. The van der Waals surface area contributed by atoms with E-state index in [9.17, 15) is 4.79 Å². The van der Waals surface area contributed by atoms with Crippen molar-refractivity contribution in [1.82, 2.24) is 0 Å². The predicted octanol–water partition coefficient (Wildman–Crippen LogP) is 6.03. The van der Waals surface area contributed by atoms with Gasteiger partial charge in [-0.1, -0.05) is 30.3 Å². The molecule has 1 aliphatic heterocycles. The molecule has 0 saturated heterocycles. The maximum Gasteiger partial charge on any atom is 0.178 e. The molecular formula is C29H24O5. The van der Waals surface area contributed by atoms with Gasteiger partial charge < -0.3 is 18.9 Å². The Kier molecular flexibility index (Phi) is 5.46. The molecule has 4 aromatic carbocycles. The lowest BCUT2D eigenvalue weighted by Crippen LogP contribution is -2.34. The minimum atomic E-state index is -0.928. The average molecular weight is 453 g/mol. The number of aldehydes is 1. The van der Waals surface area contributed by atoms with Gasteiger partial charge in [0.2, 0.25) is 0 Å². The van der Waals surface area contributed by atoms with Crippen LogP contribution in [0.4, 0.5) is 0 Å². The molecule has 0 radical (unpaired) electrons. The Morgan fingerprint density at radius 3 is 1.82 bits per heavy atom. The second kappa shape index (κ2) is 8.60. The third-order valence-electron chi connectivity index (χ3n) is 6.28. The molecule has 0 unspecified atom stereocenters. The van der Waals surface area contributed by atoms with E-state index in [-0.39, 0.29) is 0 Å². The molecule has 0 fully saturated rings. The quantitative estimate of drug-likeness (QED) is 0.335. The number of rotatable bonds is 6. The van der Waals surface area contributed by atoms with E-state index in [2.05, 4.69) is 0 Å². The van der Waals surface area contributed by atoms with Crippen LogP contribution in [0.5, 0.6) is 23.0 Å². The molecule has 5 heteroatoms. The van der Waals surface area contributed by atoms with Crippen LogP contribution in [0.1, 0.15) is 27.0 Å². The second-order valence-electron chi connectivity index (χ2n) is 8.04. The topological polar surface area (TPSA) is 54.0 Å². The molecule has 0 spiro atoms. The van der Waals surface area contributed by atoms with Gasteiger partial charge in [0.05, 0.1) is 21.3 Å². The van der Waals surface area contributed by atoms with Gasteiger partial charge in [0.25, 0.3) is 0 Å². The Labute approximate surface area is 198 Å². The van der Waals surface area contributed by atoms with Crippen molar-refractivity contribution >= 4 is 23.1 Å². The van der Waals surface area contributed by atoms with Crippen molar-refractivity contribution in [2.75, 3.05) is 21.3 Å². The first kappa shape index (κ1) is 21.6. The number of hydrogen-bond acceptors (Lipinski definition) is 5. The Morgan fingerprint density at radius 2 is 1.29 bits per heavy atom. The zero-order valence-electron chi connectivity index (χ0n) is 19.2. The van der Waals surface area contributed by atoms with Crippen LogP contribution in [0.25, 0.3) is 16.8 Å². The van der Waals surface area contributed by atoms with Crippen LogP contribution in [-0.4, -0.2) is 27.6 Å². The van der Waals surface area contributed by atoms with E-state index in [0.29, 0.717) is 17.1 Å². The summed E-state index contributed by atoms with van der Waals surface area (Å²) in [6.45, 7) is 0. The number of benzene rings is 4. The molecule has 5 nitrogen and oxygen atoms in total. The summed E-state index contributed by atoms with van der Waals surface area (Å²) >= 11 is 0. The molecule has 0 aromatic heterocycles. The van der Waals surface area contributed by atoms with E-state index in [1.807, 2.05) is 84.9 Å². The van der Waals surface area contributed by atoms with Crippen molar-refractivity contribution in [2.45, 2.75) is 5.60 Å². The molecule has 34 heavy (non-hydrogen) atoms. The van der Waals surface area contributed by atoms with Gasteiger partial charge in [-0.15, -0.1) is 0 Å². The van der Waals surface area contributed by atoms with Crippen molar-refractivity contribution in [3.63, 3.8) is 0 Å². The van der Waals surface area contributed by atoms with Crippen LogP contribution in [-0.2, 0) is 5.60 Å². The summed E-state index contributed by atoms with van der Waals surface area (Å²) < 4.78 is 23.1. The fourth-order valence-corrected chi connectivity index (χ4v) is 4.44. The summed E-state index contributed by atoms with van der Waals surface area (Å²) in [5.74, 6) is 2.86. The first-order valence-electron chi connectivity index (χ1n) is 10.9. The predicted molar refractivity (Wildman–Crippen MR) is 132 cm³/mol. The molecule has 0 atom stereocenters. The van der Waals surface area contributed by atoms with Crippen LogP contribution in [0.2, 0.25) is 0 Å². The molecular weight excluding hydrogens is 428 g/mol. The summed E-state index contributed by atoms with van der Waals surface area (Å²) in [5, 5.41) is 1.77. The highest BCUT2D eigenvalue weighted by molar-refractivity contribution is 6.00. The summed E-state index contributed by atoms with van der Waals surface area (Å²) in [6, 6.07) is 23.2. The van der Waals surface area contributed by atoms with Gasteiger partial charge in [-0.25, -0.2) is 0 Å². The first-order valence-corrected chi connectivity index (χ1v) is 10.9. The van der Waals surface area contributed by atoms with Gasteiger partial charge in [-0.2, -0.15) is 0 Å².